The van der Waals surface area contributed by atoms with Crippen molar-refractivity contribution in [1.82, 2.24) is 19.2 Å². The van der Waals surface area contributed by atoms with Crippen molar-refractivity contribution in [2.75, 3.05) is 5.32 Å². The Morgan fingerprint density at radius 1 is 1.24 bits per heavy atom. The molecule has 0 radical (unpaired) electrons. The Balaban J connectivity index is 1.85. The quantitative estimate of drug-likeness (QED) is 0.698. The molecule has 0 unspecified atom stereocenters. The van der Waals surface area contributed by atoms with E-state index < -0.39 is 15.9 Å². The standard InChI is InChI=1S/C15H12ClN5O3S/c1-10-6-12(8-18-14(10)16)25(23,24)21-9-11(7-19-21)20-15(22)13-4-2-3-5-17-13/h2-9H,1H3,(H,20,22). The van der Waals surface area contributed by atoms with Gasteiger partial charge in [-0.2, -0.15) is 17.6 Å². The van der Waals surface area contributed by atoms with E-state index >= 15 is 0 Å². The van der Waals surface area contributed by atoms with E-state index in [0.717, 1.165) is 10.3 Å². The Kier molecular flexibility index (Phi) is 4.51. The summed E-state index contributed by atoms with van der Waals surface area (Å²) in [6, 6.07) is 6.30. The van der Waals surface area contributed by atoms with Crippen LogP contribution in [-0.2, 0) is 10.0 Å². The zero-order valence-electron chi connectivity index (χ0n) is 12.9. The van der Waals surface area contributed by atoms with Crippen LogP contribution >= 0.6 is 11.6 Å². The van der Waals surface area contributed by atoms with E-state index in [1.807, 2.05) is 0 Å². The maximum atomic E-state index is 12.6. The summed E-state index contributed by atoms with van der Waals surface area (Å²) in [5.41, 5.74) is 0.951. The third kappa shape index (κ3) is 3.52. The molecule has 10 heteroatoms. The zero-order valence-corrected chi connectivity index (χ0v) is 14.5. The second-order valence-corrected chi connectivity index (χ2v) is 7.21. The molecule has 0 aliphatic rings. The average molecular weight is 378 g/mol. The minimum absolute atomic E-state index is 0.0555. The van der Waals surface area contributed by atoms with Crippen molar-refractivity contribution >= 4 is 33.2 Å². The van der Waals surface area contributed by atoms with Gasteiger partial charge in [0.2, 0.25) is 0 Å². The van der Waals surface area contributed by atoms with Crippen LogP contribution in [-0.4, -0.2) is 33.5 Å². The lowest BCUT2D eigenvalue weighted by molar-refractivity contribution is 0.102. The largest absolute Gasteiger partial charge is 0.318 e. The molecule has 0 bridgehead atoms. The molecule has 8 nitrogen and oxygen atoms in total. The fraction of sp³-hybridized carbons (Fsp3) is 0.0667. The van der Waals surface area contributed by atoms with Gasteiger partial charge in [0.1, 0.15) is 15.7 Å². The van der Waals surface area contributed by atoms with Crippen molar-refractivity contribution in [3.05, 3.63) is 65.5 Å². The predicted molar refractivity (Wildman–Crippen MR) is 91.0 cm³/mol. The van der Waals surface area contributed by atoms with E-state index in [0.29, 0.717) is 5.56 Å². The molecule has 0 saturated heterocycles. The van der Waals surface area contributed by atoms with Crippen LogP contribution in [0.25, 0.3) is 0 Å². The molecule has 0 aliphatic heterocycles. The van der Waals surface area contributed by atoms with Crippen molar-refractivity contribution in [2.45, 2.75) is 11.8 Å². The highest BCUT2D eigenvalue weighted by Gasteiger charge is 2.20. The summed E-state index contributed by atoms with van der Waals surface area (Å²) in [6.45, 7) is 1.65. The number of rotatable bonds is 4. The highest BCUT2D eigenvalue weighted by molar-refractivity contribution is 7.89. The van der Waals surface area contributed by atoms with Crippen LogP contribution in [0.5, 0.6) is 0 Å². The van der Waals surface area contributed by atoms with Crippen molar-refractivity contribution in [3.63, 3.8) is 0 Å². The van der Waals surface area contributed by atoms with Crippen LogP contribution in [0.3, 0.4) is 0 Å². The number of carbonyl (C=O) groups is 1. The van der Waals surface area contributed by atoms with E-state index in [2.05, 4.69) is 20.4 Å². The summed E-state index contributed by atoms with van der Waals surface area (Å²) in [5, 5.41) is 6.56. The molecule has 0 aliphatic carbocycles. The van der Waals surface area contributed by atoms with E-state index in [1.54, 1.807) is 25.1 Å². The van der Waals surface area contributed by atoms with Gasteiger partial charge in [0, 0.05) is 12.4 Å². The molecule has 0 aromatic carbocycles. The van der Waals surface area contributed by atoms with E-state index in [-0.39, 0.29) is 21.4 Å². The molecule has 128 valence electrons. The van der Waals surface area contributed by atoms with Gasteiger partial charge >= 0.3 is 0 Å². The Labute approximate surface area is 148 Å². The smallest absolute Gasteiger partial charge is 0.284 e. The van der Waals surface area contributed by atoms with Gasteiger partial charge in [0.05, 0.1) is 18.1 Å². The Morgan fingerprint density at radius 3 is 2.72 bits per heavy atom. The fourth-order valence-electron chi connectivity index (χ4n) is 1.97. The monoisotopic (exact) mass is 377 g/mol. The first kappa shape index (κ1) is 17.1. The first-order chi connectivity index (χ1) is 11.9. The molecule has 0 saturated carbocycles. The topological polar surface area (TPSA) is 107 Å². The number of hydrogen-bond donors (Lipinski definition) is 1. The van der Waals surface area contributed by atoms with Gasteiger partial charge in [-0.3, -0.25) is 9.78 Å². The number of nitrogens with one attached hydrogen (secondary N) is 1. The van der Waals surface area contributed by atoms with Crippen LogP contribution in [0, 0.1) is 6.92 Å². The van der Waals surface area contributed by atoms with Gasteiger partial charge in [0.15, 0.2) is 0 Å². The van der Waals surface area contributed by atoms with Gasteiger partial charge in [-0.1, -0.05) is 17.7 Å². The summed E-state index contributed by atoms with van der Waals surface area (Å²) in [6.07, 6.45) is 5.06. The number of hydrogen-bond acceptors (Lipinski definition) is 6. The predicted octanol–water partition coefficient (Wildman–Crippen LogP) is 2.12. The summed E-state index contributed by atoms with van der Waals surface area (Å²) < 4.78 is 25.9. The molecule has 25 heavy (non-hydrogen) atoms. The van der Waals surface area contributed by atoms with Crippen LogP contribution in [0.2, 0.25) is 5.15 Å². The number of nitrogens with zero attached hydrogens (tertiary/aromatic N) is 4. The molecular formula is C15H12ClN5O3S. The second-order valence-electron chi connectivity index (χ2n) is 5.05. The second kappa shape index (κ2) is 6.61. The Morgan fingerprint density at radius 2 is 2.04 bits per heavy atom. The number of anilines is 1. The number of carbonyl (C=O) groups excluding carboxylic acids is 1. The average Bonchev–Trinajstić information content (AvgIpc) is 3.07. The molecule has 3 rings (SSSR count). The molecule has 0 atom stereocenters. The molecule has 1 amide bonds. The first-order valence-corrected chi connectivity index (χ1v) is 8.84. The van der Waals surface area contributed by atoms with Crippen molar-refractivity contribution in [3.8, 4) is 0 Å². The van der Waals surface area contributed by atoms with Gasteiger partial charge < -0.3 is 5.32 Å². The summed E-state index contributed by atoms with van der Waals surface area (Å²) in [5.74, 6) is -0.471. The number of halogens is 1. The lowest BCUT2D eigenvalue weighted by atomic mass is 10.3. The van der Waals surface area contributed by atoms with Gasteiger partial charge in [0.25, 0.3) is 15.9 Å². The Bertz CT molecular complexity index is 1030. The summed E-state index contributed by atoms with van der Waals surface area (Å²) in [4.78, 5) is 19.7. The van der Waals surface area contributed by atoms with Crippen molar-refractivity contribution in [2.24, 2.45) is 0 Å². The lowest BCUT2D eigenvalue weighted by Crippen LogP contribution is -2.15. The van der Waals surface area contributed by atoms with E-state index in [1.165, 1.54) is 24.7 Å². The highest BCUT2D eigenvalue weighted by Crippen LogP contribution is 2.19. The number of pyridine rings is 2. The molecular weight excluding hydrogens is 366 g/mol. The molecule has 3 aromatic rings. The minimum atomic E-state index is -3.94. The van der Waals surface area contributed by atoms with Crippen LogP contribution in [0.15, 0.2) is 53.9 Å². The van der Waals surface area contributed by atoms with Crippen LogP contribution in [0.1, 0.15) is 16.1 Å². The SMILES string of the molecule is Cc1cc(S(=O)(=O)n2cc(NC(=O)c3ccccn3)cn2)cnc1Cl. The first-order valence-electron chi connectivity index (χ1n) is 7.03. The third-order valence-electron chi connectivity index (χ3n) is 3.25. The number of aryl methyl sites for hydroxylation is 1. The minimum Gasteiger partial charge on any atom is -0.318 e. The summed E-state index contributed by atoms with van der Waals surface area (Å²) in [7, 11) is -3.94. The fourth-order valence-corrected chi connectivity index (χ4v) is 3.23. The molecule has 0 spiro atoms. The lowest BCUT2D eigenvalue weighted by Gasteiger charge is -2.05. The third-order valence-corrected chi connectivity index (χ3v) is 5.16. The number of amides is 1. The zero-order chi connectivity index (χ0) is 18.0. The van der Waals surface area contributed by atoms with Gasteiger partial charge in [-0.15, -0.1) is 0 Å². The van der Waals surface area contributed by atoms with E-state index in [4.69, 9.17) is 11.6 Å². The van der Waals surface area contributed by atoms with Crippen LogP contribution < -0.4 is 5.32 Å². The number of aromatic nitrogens is 4. The maximum Gasteiger partial charge on any atom is 0.284 e. The molecule has 0 fully saturated rings. The van der Waals surface area contributed by atoms with Gasteiger partial charge in [-0.05, 0) is 30.7 Å². The van der Waals surface area contributed by atoms with Gasteiger partial charge in [-0.25, -0.2) is 4.98 Å². The summed E-state index contributed by atoms with van der Waals surface area (Å²) >= 11 is 5.81. The van der Waals surface area contributed by atoms with E-state index in [9.17, 15) is 13.2 Å². The van der Waals surface area contributed by atoms with Crippen LogP contribution in [0.4, 0.5) is 5.69 Å². The molecule has 3 aromatic heterocycles. The van der Waals surface area contributed by atoms with Crippen molar-refractivity contribution < 1.29 is 13.2 Å². The van der Waals surface area contributed by atoms with Crippen molar-refractivity contribution in [1.29, 1.82) is 0 Å². The Hall–Kier alpha value is -2.78. The maximum absolute atomic E-state index is 12.6. The molecule has 1 N–H and O–H groups in total. The molecule has 3 heterocycles. The normalized spacial score (nSPS) is 11.3. The highest BCUT2D eigenvalue weighted by atomic mass is 35.5.